The van der Waals surface area contributed by atoms with Gasteiger partial charge in [-0.05, 0) is 48.6 Å². The molecule has 3 nitrogen and oxygen atoms in total. The summed E-state index contributed by atoms with van der Waals surface area (Å²) in [5.74, 6) is 0.473. The first-order valence-corrected chi connectivity index (χ1v) is 10.0. The number of nitrogens with zero attached hydrogens (tertiary/aromatic N) is 2. The number of fused-ring (bicyclic) bond motifs is 1. The summed E-state index contributed by atoms with van der Waals surface area (Å²) in [6.07, 6.45) is 8.22. The predicted octanol–water partition coefficient (Wildman–Crippen LogP) is 6.39. The molecule has 0 spiro atoms. The molecular weight excluding hydrogens is 386 g/mol. The van der Waals surface area contributed by atoms with E-state index in [0.717, 1.165) is 21.6 Å². The topological polar surface area (TPSA) is 37.3 Å². The van der Waals surface area contributed by atoms with Crippen LogP contribution in [-0.4, -0.2) is 10.7 Å². The van der Waals surface area contributed by atoms with Gasteiger partial charge in [0, 0.05) is 22.0 Å². The number of benzene rings is 2. The molecule has 0 atom stereocenters. The fraction of sp³-hybridized carbons (Fsp3) is 0.273. The number of anilines is 1. The van der Waals surface area contributed by atoms with E-state index < -0.39 is 0 Å². The van der Waals surface area contributed by atoms with E-state index >= 15 is 0 Å². The van der Waals surface area contributed by atoms with Gasteiger partial charge in [0.15, 0.2) is 0 Å². The van der Waals surface area contributed by atoms with Crippen molar-refractivity contribution in [1.82, 2.24) is 4.98 Å². The van der Waals surface area contributed by atoms with Crippen molar-refractivity contribution in [2.24, 2.45) is 11.0 Å². The first-order chi connectivity index (χ1) is 12.8. The van der Waals surface area contributed by atoms with Gasteiger partial charge in [0.1, 0.15) is 0 Å². The van der Waals surface area contributed by atoms with Crippen LogP contribution in [0, 0.1) is 5.92 Å². The number of hydrazone groups is 1. The third-order valence-corrected chi connectivity index (χ3v) is 5.56. The van der Waals surface area contributed by atoms with Crippen LogP contribution in [0.5, 0.6) is 0 Å². The van der Waals surface area contributed by atoms with E-state index in [9.17, 15) is 0 Å². The summed E-state index contributed by atoms with van der Waals surface area (Å²) in [6, 6.07) is 18.6. The zero-order valence-electron chi connectivity index (χ0n) is 14.7. The maximum Gasteiger partial charge on any atom is 0.0894 e. The molecule has 1 heterocycles. The highest BCUT2D eigenvalue weighted by atomic mass is 79.9. The van der Waals surface area contributed by atoms with Crippen LogP contribution in [-0.2, 0) is 0 Å². The summed E-state index contributed by atoms with van der Waals surface area (Å²) in [6.45, 7) is 0. The van der Waals surface area contributed by atoms with Crippen LogP contribution in [0.25, 0.3) is 10.8 Å². The van der Waals surface area contributed by atoms with Crippen LogP contribution in [0.2, 0.25) is 0 Å². The standard InChI is InChI=1S/C22H22BrN3/c23-19-10-12-20(13-11-19)25-26-22(16-6-2-1-3-7-16)21-14-17-8-4-5-9-18(17)15-24-21/h4-5,8-16,25H,1-3,6-7H2/b26-22-. The molecule has 0 saturated heterocycles. The van der Waals surface area contributed by atoms with Gasteiger partial charge in [0.05, 0.1) is 17.1 Å². The third-order valence-electron chi connectivity index (χ3n) is 5.03. The minimum Gasteiger partial charge on any atom is -0.278 e. The van der Waals surface area contributed by atoms with Crippen LogP contribution >= 0.6 is 15.9 Å². The lowest BCUT2D eigenvalue weighted by Crippen LogP contribution is -2.21. The second-order valence-electron chi connectivity index (χ2n) is 6.87. The van der Waals surface area contributed by atoms with Crippen molar-refractivity contribution in [3.8, 4) is 0 Å². The fourth-order valence-corrected chi connectivity index (χ4v) is 3.87. The summed E-state index contributed by atoms with van der Waals surface area (Å²) in [4.78, 5) is 4.73. The normalized spacial score (nSPS) is 16.0. The Morgan fingerprint density at radius 2 is 1.69 bits per heavy atom. The maximum atomic E-state index is 4.81. The molecule has 132 valence electrons. The minimum absolute atomic E-state index is 0.473. The zero-order valence-corrected chi connectivity index (χ0v) is 16.2. The Hall–Kier alpha value is -2.20. The van der Waals surface area contributed by atoms with Gasteiger partial charge < -0.3 is 0 Å². The van der Waals surface area contributed by atoms with Crippen LogP contribution in [0.1, 0.15) is 37.8 Å². The molecule has 3 aromatic rings. The SMILES string of the molecule is Brc1ccc(N/N=C(\c2cc3ccccc3cn2)C2CCCCC2)cc1. The van der Waals surface area contributed by atoms with Gasteiger partial charge in [-0.2, -0.15) is 5.10 Å². The van der Waals surface area contributed by atoms with Crippen molar-refractivity contribution < 1.29 is 0 Å². The van der Waals surface area contributed by atoms with E-state index in [4.69, 9.17) is 10.1 Å². The molecule has 1 fully saturated rings. The molecule has 1 N–H and O–H groups in total. The fourth-order valence-electron chi connectivity index (χ4n) is 3.61. The Balaban J connectivity index is 1.68. The average Bonchev–Trinajstić information content (AvgIpc) is 2.70. The number of halogens is 1. The smallest absolute Gasteiger partial charge is 0.0894 e. The molecule has 26 heavy (non-hydrogen) atoms. The molecule has 1 saturated carbocycles. The Bertz CT molecular complexity index is 912. The summed E-state index contributed by atoms with van der Waals surface area (Å²) >= 11 is 3.47. The quantitative estimate of drug-likeness (QED) is 0.401. The van der Waals surface area contributed by atoms with Crippen molar-refractivity contribution in [2.75, 3.05) is 5.43 Å². The van der Waals surface area contributed by atoms with Crippen molar-refractivity contribution >= 4 is 38.1 Å². The van der Waals surface area contributed by atoms with Crippen molar-refractivity contribution in [3.05, 3.63) is 71.0 Å². The molecule has 4 heteroatoms. The van der Waals surface area contributed by atoms with Crippen LogP contribution in [0.15, 0.2) is 70.4 Å². The van der Waals surface area contributed by atoms with E-state index in [0.29, 0.717) is 5.92 Å². The molecule has 1 aromatic heterocycles. The maximum absolute atomic E-state index is 4.81. The van der Waals surface area contributed by atoms with Gasteiger partial charge in [0.2, 0.25) is 0 Å². The Kier molecular flexibility index (Phi) is 5.30. The Labute approximate surface area is 162 Å². The Morgan fingerprint density at radius 1 is 0.962 bits per heavy atom. The number of nitrogens with one attached hydrogen (secondary N) is 1. The second kappa shape index (κ2) is 8.00. The van der Waals surface area contributed by atoms with Gasteiger partial charge in [-0.25, -0.2) is 0 Å². The number of hydrogen-bond acceptors (Lipinski definition) is 3. The predicted molar refractivity (Wildman–Crippen MR) is 113 cm³/mol. The van der Waals surface area contributed by atoms with Gasteiger partial charge in [-0.3, -0.25) is 10.4 Å². The summed E-state index contributed by atoms with van der Waals surface area (Å²) in [7, 11) is 0. The molecule has 0 unspecified atom stereocenters. The lowest BCUT2D eigenvalue weighted by atomic mass is 9.84. The monoisotopic (exact) mass is 407 g/mol. The molecule has 2 aromatic carbocycles. The Morgan fingerprint density at radius 3 is 2.46 bits per heavy atom. The van der Waals surface area contributed by atoms with E-state index in [-0.39, 0.29) is 0 Å². The highest BCUT2D eigenvalue weighted by molar-refractivity contribution is 9.10. The first kappa shape index (κ1) is 17.2. The number of hydrogen-bond donors (Lipinski definition) is 1. The summed E-state index contributed by atoms with van der Waals surface area (Å²) in [5.41, 5.74) is 6.30. The van der Waals surface area contributed by atoms with Crippen LogP contribution in [0.3, 0.4) is 0 Å². The molecule has 0 aliphatic heterocycles. The van der Waals surface area contributed by atoms with Gasteiger partial charge in [-0.1, -0.05) is 59.5 Å². The van der Waals surface area contributed by atoms with Gasteiger partial charge >= 0.3 is 0 Å². The van der Waals surface area contributed by atoms with E-state index in [1.807, 2.05) is 30.5 Å². The molecule has 0 radical (unpaired) electrons. The zero-order chi connectivity index (χ0) is 17.8. The van der Waals surface area contributed by atoms with Crippen LogP contribution in [0.4, 0.5) is 5.69 Å². The summed E-state index contributed by atoms with van der Waals surface area (Å²) < 4.78 is 1.07. The van der Waals surface area contributed by atoms with Crippen molar-refractivity contribution in [1.29, 1.82) is 0 Å². The van der Waals surface area contributed by atoms with E-state index in [1.165, 1.54) is 42.9 Å². The lowest BCUT2D eigenvalue weighted by Gasteiger charge is -2.23. The third kappa shape index (κ3) is 3.96. The van der Waals surface area contributed by atoms with E-state index in [2.05, 4.69) is 51.7 Å². The highest BCUT2D eigenvalue weighted by Gasteiger charge is 2.22. The molecule has 4 rings (SSSR count). The van der Waals surface area contributed by atoms with Crippen LogP contribution < -0.4 is 5.43 Å². The molecule has 1 aliphatic rings. The number of aromatic nitrogens is 1. The lowest BCUT2D eigenvalue weighted by molar-refractivity contribution is 0.439. The van der Waals surface area contributed by atoms with Crippen molar-refractivity contribution in [3.63, 3.8) is 0 Å². The number of pyridine rings is 1. The molecular formula is C22H22BrN3. The van der Waals surface area contributed by atoms with Crippen molar-refractivity contribution in [2.45, 2.75) is 32.1 Å². The highest BCUT2D eigenvalue weighted by Crippen LogP contribution is 2.28. The average molecular weight is 408 g/mol. The minimum atomic E-state index is 0.473. The largest absolute Gasteiger partial charge is 0.278 e. The molecule has 0 amide bonds. The second-order valence-corrected chi connectivity index (χ2v) is 7.78. The number of rotatable bonds is 4. The first-order valence-electron chi connectivity index (χ1n) is 9.24. The molecule has 0 bridgehead atoms. The van der Waals surface area contributed by atoms with E-state index in [1.54, 1.807) is 0 Å². The summed E-state index contributed by atoms with van der Waals surface area (Å²) in [5, 5.41) is 7.19. The van der Waals surface area contributed by atoms with Gasteiger partial charge in [0.25, 0.3) is 0 Å². The van der Waals surface area contributed by atoms with Gasteiger partial charge in [-0.15, -0.1) is 0 Å². The molecule has 1 aliphatic carbocycles.